The smallest absolute Gasteiger partial charge is 0.271 e. The normalized spacial score (nSPS) is 14.2. The summed E-state index contributed by atoms with van der Waals surface area (Å²) in [5.74, 6) is 0.792. The average molecular weight is 711 g/mol. The third-order valence-corrected chi connectivity index (χ3v) is 9.53. The molecule has 2 heterocycles. The summed E-state index contributed by atoms with van der Waals surface area (Å²) in [4.78, 5) is 33.4. The van der Waals surface area contributed by atoms with Gasteiger partial charge in [0.05, 0.1) is 28.5 Å². The number of amides is 1. The van der Waals surface area contributed by atoms with Crippen molar-refractivity contribution in [2.75, 3.05) is 11.9 Å². The minimum atomic E-state index is -0.727. The van der Waals surface area contributed by atoms with Gasteiger partial charge in [-0.1, -0.05) is 89.1 Å². The van der Waals surface area contributed by atoms with Crippen LogP contribution in [0.25, 0.3) is 6.08 Å². The highest BCUT2D eigenvalue weighted by Gasteiger charge is 2.32. The second-order valence-corrected chi connectivity index (χ2v) is 13.1. The Hall–Kier alpha value is -4.89. The second kappa shape index (κ2) is 15.1. The molecule has 1 N–H and O–H groups in total. The van der Waals surface area contributed by atoms with Crippen LogP contribution in [0.1, 0.15) is 42.1 Å². The van der Waals surface area contributed by atoms with Crippen LogP contribution in [0, 0.1) is 0 Å². The Balaban J connectivity index is 1.44. The summed E-state index contributed by atoms with van der Waals surface area (Å²) >= 11 is 13.9. The van der Waals surface area contributed by atoms with E-state index in [1.54, 1.807) is 29.7 Å². The van der Waals surface area contributed by atoms with Gasteiger partial charge in [0.15, 0.2) is 16.3 Å². The van der Waals surface area contributed by atoms with Gasteiger partial charge in [-0.05, 0) is 79.9 Å². The third kappa shape index (κ3) is 7.42. The summed E-state index contributed by atoms with van der Waals surface area (Å²) in [6.07, 6.45) is 4.12. The van der Waals surface area contributed by atoms with Crippen molar-refractivity contribution in [3.8, 4) is 11.5 Å². The Morgan fingerprint density at radius 2 is 1.73 bits per heavy atom. The molecule has 1 aromatic heterocycles. The lowest BCUT2D eigenvalue weighted by Crippen LogP contribution is -2.40. The molecule has 49 heavy (non-hydrogen) atoms. The lowest BCUT2D eigenvalue weighted by molar-refractivity contribution is -0.113. The summed E-state index contributed by atoms with van der Waals surface area (Å²) in [6, 6.07) is 27.0. The third-order valence-electron chi connectivity index (χ3n) is 7.93. The first kappa shape index (κ1) is 34.0. The number of hydrogen-bond donors (Lipinski definition) is 1. The number of allylic oxidation sites excluding steroid dienone is 2. The largest absolute Gasteiger partial charge is 0.490 e. The van der Waals surface area contributed by atoms with E-state index >= 15 is 0 Å². The van der Waals surface area contributed by atoms with Gasteiger partial charge in [0, 0.05) is 26.9 Å². The van der Waals surface area contributed by atoms with E-state index in [0.29, 0.717) is 60.9 Å². The Bertz CT molecular complexity index is 2240. The summed E-state index contributed by atoms with van der Waals surface area (Å²) in [7, 11) is 0. The number of benzene rings is 4. The van der Waals surface area contributed by atoms with Gasteiger partial charge < -0.3 is 14.8 Å². The quantitative estimate of drug-likeness (QED) is 0.142. The lowest BCUT2D eigenvalue weighted by atomic mass is 9.95. The Kier molecular flexibility index (Phi) is 10.5. The van der Waals surface area contributed by atoms with Crippen LogP contribution in [0.5, 0.6) is 11.5 Å². The molecule has 7 nitrogen and oxygen atoms in total. The van der Waals surface area contributed by atoms with E-state index in [1.807, 2.05) is 91.9 Å². The van der Waals surface area contributed by atoms with Crippen LogP contribution in [-0.4, -0.2) is 17.1 Å². The number of para-hydroxylation sites is 1. The van der Waals surface area contributed by atoms with Crippen LogP contribution in [-0.2, 0) is 17.8 Å². The molecule has 0 radical (unpaired) electrons. The number of carbonyl (C=O) groups excluding carboxylic acids is 1. The molecular formula is C39H33Cl2N3O4S. The van der Waals surface area contributed by atoms with E-state index in [-0.39, 0.29) is 18.1 Å². The van der Waals surface area contributed by atoms with Crippen molar-refractivity contribution in [3.05, 3.63) is 167 Å². The molecule has 1 aliphatic rings. The van der Waals surface area contributed by atoms with Gasteiger partial charge in [-0.3, -0.25) is 14.2 Å². The molecule has 10 heteroatoms. The zero-order valence-corrected chi connectivity index (χ0v) is 29.2. The molecule has 6 rings (SSSR count). The predicted octanol–water partition coefficient (Wildman–Crippen LogP) is 7.89. The number of halogens is 2. The van der Waals surface area contributed by atoms with Crippen molar-refractivity contribution in [3.63, 3.8) is 0 Å². The van der Waals surface area contributed by atoms with Crippen LogP contribution in [0.4, 0.5) is 5.69 Å². The number of rotatable bonds is 11. The molecule has 5 aromatic rings. The van der Waals surface area contributed by atoms with Crippen LogP contribution >= 0.6 is 34.5 Å². The van der Waals surface area contributed by atoms with Crippen LogP contribution in [0.15, 0.2) is 125 Å². The fourth-order valence-electron chi connectivity index (χ4n) is 5.71. The maximum Gasteiger partial charge on any atom is 0.271 e. The number of carbonyl (C=O) groups is 1. The van der Waals surface area contributed by atoms with E-state index < -0.39 is 6.04 Å². The first-order valence-electron chi connectivity index (χ1n) is 15.7. The van der Waals surface area contributed by atoms with Gasteiger partial charge in [-0.2, -0.15) is 0 Å². The Morgan fingerprint density at radius 1 is 1.00 bits per heavy atom. The fourth-order valence-corrected chi connectivity index (χ4v) is 7.07. The number of anilines is 1. The zero-order valence-electron chi connectivity index (χ0n) is 26.9. The average Bonchev–Trinajstić information content (AvgIpc) is 3.39. The molecule has 0 fully saturated rings. The fraction of sp³-hybridized carbons (Fsp3) is 0.154. The lowest BCUT2D eigenvalue weighted by Gasteiger charge is -2.25. The van der Waals surface area contributed by atoms with Crippen molar-refractivity contribution in [1.82, 2.24) is 4.57 Å². The van der Waals surface area contributed by atoms with Crippen molar-refractivity contribution < 1.29 is 14.3 Å². The molecule has 1 aliphatic heterocycles. The van der Waals surface area contributed by atoms with E-state index in [1.165, 1.54) is 11.3 Å². The molecule has 0 bridgehead atoms. The molecule has 0 saturated carbocycles. The minimum Gasteiger partial charge on any atom is -0.490 e. The van der Waals surface area contributed by atoms with Gasteiger partial charge in [0.2, 0.25) is 0 Å². The first-order chi connectivity index (χ1) is 23.8. The number of nitrogens with one attached hydrogen (secondary N) is 1. The van der Waals surface area contributed by atoms with Crippen molar-refractivity contribution in [2.45, 2.75) is 32.9 Å². The predicted molar refractivity (Wildman–Crippen MR) is 198 cm³/mol. The molecule has 1 amide bonds. The number of nitrogens with zero attached hydrogens (tertiary/aromatic N) is 2. The van der Waals surface area contributed by atoms with Gasteiger partial charge in [0.1, 0.15) is 6.61 Å². The summed E-state index contributed by atoms with van der Waals surface area (Å²) in [6.45, 7) is 8.30. The molecule has 248 valence electrons. The maximum absolute atomic E-state index is 14.3. The van der Waals surface area contributed by atoms with Gasteiger partial charge in [0.25, 0.3) is 11.5 Å². The van der Waals surface area contributed by atoms with Gasteiger partial charge in [-0.25, -0.2) is 4.99 Å². The molecule has 1 atom stereocenters. The van der Waals surface area contributed by atoms with E-state index in [4.69, 9.17) is 37.7 Å². The topological polar surface area (TPSA) is 81.9 Å². The standard InChI is InChI=1S/C39H33Cl2N3O4S/c1-4-11-27-20-25(21-32(47-5-2)36(27)48-23-28-12-9-10-15-31(28)41)22-33-38(46)44-35(26-16-18-29(40)19-17-26)34(24(3)42-39(44)49-33)37(45)43-30-13-7-6-8-14-30/h4,6-10,12-22,35H,1,5,11,23H2,2-3H3,(H,43,45)/b33-22+/t35-/m1/s1. The van der Waals surface area contributed by atoms with E-state index in [0.717, 1.165) is 22.3 Å². The maximum atomic E-state index is 14.3. The van der Waals surface area contributed by atoms with Crippen LogP contribution < -0.4 is 29.7 Å². The number of thiazole rings is 1. The van der Waals surface area contributed by atoms with Crippen LogP contribution in [0.2, 0.25) is 10.0 Å². The van der Waals surface area contributed by atoms with Gasteiger partial charge in [-0.15, -0.1) is 6.58 Å². The summed E-state index contributed by atoms with van der Waals surface area (Å²) < 4.78 is 14.4. The summed E-state index contributed by atoms with van der Waals surface area (Å²) in [5, 5.41) is 4.14. The highest BCUT2D eigenvalue weighted by atomic mass is 35.5. The SMILES string of the molecule is C=CCc1cc(/C=c2/sc3n(c2=O)[C@H](c2ccc(Cl)cc2)C(C(=O)Nc2ccccc2)=C(C)N=3)cc(OCC)c1OCc1ccccc1Cl. The summed E-state index contributed by atoms with van der Waals surface area (Å²) in [5.41, 5.74) is 4.44. The van der Waals surface area contributed by atoms with E-state index in [2.05, 4.69) is 11.9 Å². The van der Waals surface area contributed by atoms with Crippen LogP contribution in [0.3, 0.4) is 0 Å². The zero-order chi connectivity index (χ0) is 34.5. The van der Waals surface area contributed by atoms with Crippen molar-refractivity contribution >= 4 is 52.2 Å². The number of aromatic nitrogens is 1. The molecule has 0 spiro atoms. The second-order valence-electron chi connectivity index (χ2n) is 11.3. The number of hydrogen-bond acceptors (Lipinski definition) is 6. The Morgan fingerprint density at radius 3 is 2.45 bits per heavy atom. The minimum absolute atomic E-state index is 0.256. The molecule has 0 unspecified atom stereocenters. The molecule has 0 aliphatic carbocycles. The molecule has 0 saturated heterocycles. The van der Waals surface area contributed by atoms with Crippen molar-refractivity contribution in [1.29, 1.82) is 0 Å². The Labute approximate surface area is 298 Å². The highest BCUT2D eigenvalue weighted by Crippen LogP contribution is 2.36. The highest BCUT2D eigenvalue weighted by molar-refractivity contribution is 7.07. The molecular weight excluding hydrogens is 677 g/mol. The first-order valence-corrected chi connectivity index (χ1v) is 17.3. The number of ether oxygens (including phenoxy) is 2. The van der Waals surface area contributed by atoms with Crippen molar-refractivity contribution in [2.24, 2.45) is 4.99 Å². The van der Waals surface area contributed by atoms with E-state index in [9.17, 15) is 9.59 Å². The number of fused-ring (bicyclic) bond motifs is 1. The monoisotopic (exact) mass is 709 g/mol. The molecule has 4 aromatic carbocycles. The van der Waals surface area contributed by atoms with Gasteiger partial charge >= 0.3 is 0 Å².